The van der Waals surface area contributed by atoms with E-state index >= 15 is 0 Å². The van der Waals surface area contributed by atoms with Crippen LogP contribution in [-0.4, -0.2) is 63.5 Å². The van der Waals surface area contributed by atoms with E-state index in [1.807, 2.05) is 32.9 Å². The number of anilines is 5. The molecule has 2 amide bonds. The quantitative estimate of drug-likeness (QED) is 0.143. The predicted octanol–water partition coefficient (Wildman–Crippen LogP) is 6.68. The maximum absolute atomic E-state index is 12.8. The highest BCUT2D eigenvalue weighted by Gasteiger charge is 2.52. The van der Waals surface area contributed by atoms with Crippen LogP contribution in [0.25, 0.3) is 0 Å². The van der Waals surface area contributed by atoms with Gasteiger partial charge in [-0.1, -0.05) is 29.8 Å². The fraction of sp³-hybridized carbons (Fsp3) is 0.333. The van der Waals surface area contributed by atoms with Crippen LogP contribution in [0.2, 0.25) is 5.02 Å². The number of halogens is 1. The number of carbonyl (C=O) groups is 2. The van der Waals surface area contributed by atoms with Crippen LogP contribution in [0.5, 0.6) is 5.75 Å². The Kier molecular flexibility index (Phi) is 9.08. The molecule has 2 aromatic carbocycles. The first-order valence-corrected chi connectivity index (χ1v) is 16.5. The number of amides is 2. The molecule has 0 aliphatic heterocycles. The maximum atomic E-state index is 12.8. The predicted molar refractivity (Wildman–Crippen MR) is 171 cm³/mol. The van der Waals surface area contributed by atoms with Gasteiger partial charge in [0.1, 0.15) is 17.9 Å². The van der Waals surface area contributed by atoms with Gasteiger partial charge in [-0.3, -0.25) is 9.69 Å². The molecule has 1 aliphatic rings. The number of benzene rings is 2. The molecule has 0 spiro atoms. The lowest BCUT2D eigenvalue weighted by Crippen LogP contribution is -2.52. The van der Waals surface area contributed by atoms with Crippen molar-refractivity contribution < 1.29 is 24.0 Å². The van der Waals surface area contributed by atoms with Gasteiger partial charge in [0.2, 0.25) is 11.9 Å². The van der Waals surface area contributed by atoms with Crippen molar-refractivity contribution in [2.45, 2.75) is 44.7 Å². The van der Waals surface area contributed by atoms with Gasteiger partial charge in [0.05, 0.1) is 30.2 Å². The summed E-state index contributed by atoms with van der Waals surface area (Å²) >= 11 is 6.39. The average molecular weight is 627 g/mol. The minimum Gasteiger partial charge on any atom is -0.495 e. The first kappa shape index (κ1) is 31.8. The standard InChI is InChI=1S/C30H36ClN6O5P/c1-29(2,3)37(28(39)40)30(15-16-30)14-13-25(38)33-19-11-12-23(42-4)22(17-19)35-27-32-18-20(31)26(36-27)34-21-9-7-8-10-24(21)43(5,6)41/h7-14,17-18H,15-16H2,1-6H3,(H,33,38)(H,39,40)(H2,32,34,35,36)/b14-13+. The van der Waals surface area contributed by atoms with Gasteiger partial charge in [-0.25, -0.2) is 9.78 Å². The van der Waals surface area contributed by atoms with Gasteiger partial charge < -0.3 is 30.4 Å². The molecule has 0 radical (unpaired) electrons. The molecule has 43 heavy (non-hydrogen) atoms. The van der Waals surface area contributed by atoms with Crippen LogP contribution in [0.15, 0.2) is 60.8 Å². The van der Waals surface area contributed by atoms with Crippen molar-refractivity contribution in [2.24, 2.45) is 0 Å². The SMILES string of the molecule is COc1ccc(NC(=O)/C=C/C2(N(C(=O)O)C(C)(C)C)CC2)cc1Nc1ncc(Cl)c(Nc2ccccc2P(C)(C)=O)n1. The fourth-order valence-electron chi connectivity index (χ4n) is 4.85. The molecule has 3 aromatic rings. The van der Waals surface area contributed by atoms with Crippen molar-refractivity contribution in [1.29, 1.82) is 0 Å². The van der Waals surface area contributed by atoms with Gasteiger partial charge in [-0.2, -0.15) is 4.98 Å². The Labute approximate surface area is 256 Å². The van der Waals surface area contributed by atoms with E-state index in [9.17, 15) is 19.3 Å². The third kappa shape index (κ3) is 7.66. The lowest BCUT2D eigenvalue weighted by molar-refractivity contribution is -0.112. The number of aromatic nitrogens is 2. The maximum Gasteiger partial charge on any atom is 0.408 e. The van der Waals surface area contributed by atoms with Gasteiger partial charge in [-0.05, 0) is 77.3 Å². The first-order chi connectivity index (χ1) is 20.1. The molecule has 1 saturated carbocycles. The van der Waals surface area contributed by atoms with Crippen molar-refractivity contribution in [1.82, 2.24) is 14.9 Å². The summed E-state index contributed by atoms with van der Waals surface area (Å²) in [4.78, 5) is 34.9. The van der Waals surface area contributed by atoms with Crippen LogP contribution in [0.1, 0.15) is 33.6 Å². The summed E-state index contributed by atoms with van der Waals surface area (Å²) < 4.78 is 18.3. The number of carboxylic acid groups (broad SMARTS) is 1. The second kappa shape index (κ2) is 12.3. The zero-order valence-electron chi connectivity index (χ0n) is 24.9. The van der Waals surface area contributed by atoms with Crippen molar-refractivity contribution in [3.05, 3.63) is 65.8 Å². The summed E-state index contributed by atoms with van der Waals surface area (Å²) in [6, 6.07) is 12.3. The van der Waals surface area contributed by atoms with E-state index in [0.29, 0.717) is 46.8 Å². The van der Waals surface area contributed by atoms with Gasteiger partial charge in [0.25, 0.3) is 0 Å². The van der Waals surface area contributed by atoms with Gasteiger partial charge >= 0.3 is 6.09 Å². The Morgan fingerprint density at radius 3 is 2.42 bits per heavy atom. The smallest absolute Gasteiger partial charge is 0.408 e. The topological polar surface area (TPSA) is 146 Å². The van der Waals surface area contributed by atoms with Crippen molar-refractivity contribution in [3.63, 3.8) is 0 Å². The lowest BCUT2D eigenvalue weighted by Gasteiger charge is -2.38. The Balaban J connectivity index is 1.53. The van der Waals surface area contributed by atoms with Crippen molar-refractivity contribution in [3.8, 4) is 5.75 Å². The highest BCUT2D eigenvalue weighted by Crippen LogP contribution is 2.46. The number of ether oxygens (including phenoxy) is 1. The summed E-state index contributed by atoms with van der Waals surface area (Å²) in [5.41, 5.74) is 0.262. The zero-order chi connectivity index (χ0) is 31.6. The molecule has 0 atom stereocenters. The van der Waals surface area contributed by atoms with E-state index < -0.39 is 30.2 Å². The van der Waals surface area contributed by atoms with Gasteiger partial charge in [-0.15, -0.1) is 0 Å². The molecule has 13 heteroatoms. The number of nitrogens with zero attached hydrogens (tertiary/aromatic N) is 3. The van der Waals surface area contributed by atoms with Crippen molar-refractivity contribution >= 4 is 64.9 Å². The minimum absolute atomic E-state index is 0.203. The largest absolute Gasteiger partial charge is 0.495 e. The summed E-state index contributed by atoms with van der Waals surface area (Å²) in [6.45, 7) is 8.88. The third-order valence-electron chi connectivity index (χ3n) is 6.81. The monoisotopic (exact) mass is 626 g/mol. The third-order valence-corrected chi connectivity index (χ3v) is 8.64. The molecule has 1 heterocycles. The minimum atomic E-state index is -2.58. The number of hydrogen-bond donors (Lipinski definition) is 4. The normalized spacial score (nSPS) is 14.2. The van der Waals surface area contributed by atoms with Crippen LogP contribution >= 0.6 is 18.7 Å². The Hall–Kier alpha value is -4.08. The Morgan fingerprint density at radius 2 is 1.81 bits per heavy atom. The molecule has 4 N–H and O–H groups in total. The van der Waals surface area contributed by atoms with Crippen molar-refractivity contribution in [2.75, 3.05) is 36.4 Å². The van der Waals surface area contributed by atoms with Crippen LogP contribution < -0.4 is 26.0 Å². The first-order valence-electron chi connectivity index (χ1n) is 13.6. The molecule has 1 aliphatic carbocycles. The molecule has 0 bridgehead atoms. The summed E-state index contributed by atoms with van der Waals surface area (Å²) in [5.74, 6) is 0.588. The second-order valence-electron chi connectivity index (χ2n) is 11.6. The van der Waals surface area contributed by atoms with Crippen LogP contribution in [0.3, 0.4) is 0 Å². The van der Waals surface area contributed by atoms with Crippen LogP contribution in [0.4, 0.5) is 33.6 Å². The summed E-state index contributed by atoms with van der Waals surface area (Å²) in [5, 5.41) is 19.8. The van der Waals surface area contributed by atoms with E-state index in [-0.39, 0.29) is 11.0 Å². The zero-order valence-corrected chi connectivity index (χ0v) is 26.6. The number of carbonyl (C=O) groups excluding carboxylic acids is 1. The average Bonchev–Trinajstić information content (AvgIpc) is 3.68. The number of methoxy groups -OCH3 is 1. The van der Waals surface area contributed by atoms with E-state index in [0.717, 1.165) is 0 Å². The summed E-state index contributed by atoms with van der Waals surface area (Å²) in [6.07, 6.45) is 4.74. The van der Waals surface area contributed by atoms with E-state index in [1.54, 1.807) is 49.7 Å². The highest BCUT2D eigenvalue weighted by molar-refractivity contribution is 7.70. The highest BCUT2D eigenvalue weighted by atomic mass is 35.5. The van der Waals surface area contributed by atoms with E-state index in [2.05, 4.69) is 25.9 Å². The number of nitrogens with one attached hydrogen (secondary N) is 3. The molecule has 228 valence electrons. The molecule has 11 nitrogen and oxygen atoms in total. The second-order valence-corrected chi connectivity index (χ2v) is 15.2. The van der Waals surface area contributed by atoms with Crippen LogP contribution in [0, 0.1) is 0 Å². The number of rotatable bonds is 10. The molecule has 1 aromatic heterocycles. The van der Waals surface area contributed by atoms with Gasteiger partial charge in [0.15, 0.2) is 5.82 Å². The molecule has 4 rings (SSSR count). The summed E-state index contributed by atoms with van der Waals surface area (Å²) in [7, 11) is -1.07. The van der Waals surface area contributed by atoms with Crippen LogP contribution in [-0.2, 0) is 9.36 Å². The molecule has 0 saturated heterocycles. The lowest BCUT2D eigenvalue weighted by atomic mass is 10.0. The van der Waals surface area contributed by atoms with Gasteiger partial charge in [0, 0.05) is 22.6 Å². The molecule has 0 unspecified atom stereocenters. The van der Waals surface area contributed by atoms with E-state index in [1.165, 1.54) is 24.3 Å². The molecule has 1 fully saturated rings. The number of para-hydroxylation sites is 1. The molecular weight excluding hydrogens is 591 g/mol. The Morgan fingerprint density at radius 1 is 1.12 bits per heavy atom. The fourth-order valence-corrected chi connectivity index (χ4v) is 6.14. The molecular formula is C30H36ClN6O5P. The van der Waals surface area contributed by atoms with E-state index in [4.69, 9.17) is 16.3 Å². The number of hydrogen-bond acceptors (Lipinski definition) is 8. The Bertz CT molecular complexity index is 1610.